The highest BCUT2D eigenvalue weighted by atomic mass is 15.5. The first kappa shape index (κ1) is 42.9. The predicted molar refractivity (Wildman–Crippen MR) is 226 cm³/mol. The number of hydrogen-bond acceptors (Lipinski definition) is 5. The van der Waals surface area contributed by atoms with Gasteiger partial charge in [0.05, 0.1) is 11.1 Å². The quantitative estimate of drug-likeness (QED) is 0.259. The van der Waals surface area contributed by atoms with Crippen molar-refractivity contribution in [3.63, 3.8) is 0 Å². The summed E-state index contributed by atoms with van der Waals surface area (Å²) in [7, 11) is 0. The predicted octanol–water partition coefficient (Wildman–Crippen LogP) is 10.3. The van der Waals surface area contributed by atoms with Crippen LogP contribution in [0.2, 0.25) is 0 Å². The van der Waals surface area contributed by atoms with E-state index in [9.17, 15) is 0 Å². The van der Waals surface area contributed by atoms with E-state index < -0.39 is 0 Å². The van der Waals surface area contributed by atoms with Crippen molar-refractivity contribution < 1.29 is 0 Å². The minimum atomic E-state index is 0.118. The molecule has 0 aromatic heterocycles. The van der Waals surface area contributed by atoms with E-state index in [4.69, 9.17) is 0 Å². The Balaban J connectivity index is 1.43. The van der Waals surface area contributed by atoms with Crippen LogP contribution in [0.25, 0.3) is 0 Å². The zero-order valence-electron chi connectivity index (χ0n) is 38.7. The molecule has 52 heavy (non-hydrogen) atoms. The van der Waals surface area contributed by atoms with Crippen molar-refractivity contribution in [3.8, 4) is 0 Å². The van der Waals surface area contributed by atoms with E-state index in [1.807, 2.05) is 0 Å². The van der Waals surface area contributed by atoms with E-state index in [-0.39, 0.29) is 44.1 Å². The van der Waals surface area contributed by atoms with Crippen LogP contribution in [-0.2, 0) is 0 Å². The second kappa shape index (κ2) is 13.7. The van der Waals surface area contributed by atoms with Crippen LogP contribution in [0.1, 0.15) is 176 Å². The van der Waals surface area contributed by atoms with Crippen LogP contribution in [0, 0.1) is 34.0 Å². The van der Waals surface area contributed by atoms with Gasteiger partial charge in [0.15, 0.2) is 0 Å². The molecule has 0 N–H and O–H groups in total. The molecule has 5 heteroatoms. The smallest absolute Gasteiger partial charge is 0.0557 e. The lowest BCUT2D eigenvalue weighted by Gasteiger charge is -2.62. The van der Waals surface area contributed by atoms with Gasteiger partial charge in [0.25, 0.3) is 0 Å². The molecular weight excluding hydrogens is 635 g/mol. The van der Waals surface area contributed by atoms with Gasteiger partial charge in [-0.2, -0.15) is 0 Å². The van der Waals surface area contributed by atoms with Gasteiger partial charge in [-0.05, 0) is 175 Å². The summed E-state index contributed by atoms with van der Waals surface area (Å²) in [5.74, 6) is 2.42. The third kappa shape index (κ3) is 7.15. The van der Waals surface area contributed by atoms with Crippen molar-refractivity contribution in [2.75, 3.05) is 52.4 Å². The Labute approximate surface area is 325 Å². The molecule has 3 aliphatic heterocycles. The van der Waals surface area contributed by atoms with Crippen LogP contribution in [-0.4, -0.2) is 116 Å². The lowest BCUT2D eigenvalue weighted by Crippen LogP contribution is -2.74. The highest BCUT2D eigenvalue weighted by Gasteiger charge is 2.77. The summed E-state index contributed by atoms with van der Waals surface area (Å²) in [5, 5.41) is 0. The van der Waals surface area contributed by atoms with Crippen LogP contribution in [0.15, 0.2) is 0 Å². The Morgan fingerprint density at radius 2 is 0.865 bits per heavy atom. The van der Waals surface area contributed by atoms with Crippen LogP contribution < -0.4 is 0 Å². The number of hydrogen-bond donors (Lipinski definition) is 0. The minimum absolute atomic E-state index is 0.118. The first-order valence-electron chi connectivity index (χ1n) is 22.3. The molecule has 0 bridgehead atoms. The molecule has 5 aliphatic rings. The monoisotopic (exact) mass is 726 g/mol. The van der Waals surface area contributed by atoms with Crippen molar-refractivity contribution in [3.05, 3.63) is 0 Å². The Kier molecular flexibility index (Phi) is 11.3. The summed E-state index contributed by atoms with van der Waals surface area (Å²) in [5.41, 5.74) is 1.94. The Hall–Kier alpha value is -0.200. The maximum absolute atomic E-state index is 3.02. The summed E-state index contributed by atoms with van der Waals surface area (Å²) in [6.45, 7) is 57.8. The molecule has 3 heterocycles. The van der Waals surface area contributed by atoms with E-state index in [0.717, 1.165) is 17.8 Å². The number of rotatable bonds is 7. The molecule has 2 atom stereocenters. The SMILES string of the molecule is CC(C)N1CCN(C(C)(C)C(C)(C)C2CCC(C(C)(C)C)CC2)CC12CC21CN(C(C)(C)C(C)(C)C2CCN(C(C)(C)C)CC2)CCN1C(C)(C)C. The summed E-state index contributed by atoms with van der Waals surface area (Å²) in [4.78, 5) is 14.8. The first-order chi connectivity index (χ1) is 23.5. The van der Waals surface area contributed by atoms with Crippen molar-refractivity contribution in [1.82, 2.24) is 24.5 Å². The first-order valence-corrected chi connectivity index (χ1v) is 22.3. The summed E-state index contributed by atoms with van der Waals surface area (Å²) in [6.07, 6.45) is 9.54. The van der Waals surface area contributed by atoms with Crippen LogP contribution >= 0.6 is 0 Å². The maximum Gasteiger partial charge on any atom is 0.0557 e. The molecule has 304 valence electrons. The minimum Gasteiger partial charge on any atom is -0.298 e. The van der Waals surface area contributed by atoms with E-state index >= 15 is 0 Å². The van der Waals surface area contributed by atoms with Gasteiger partial charge in [0, 0.05) is 67.5 Å². The highest BCUT2D eigenvalue weighted by Crippen LogP contribution is 2.64. The van der Waals surface area contributed by atoms with Crippen molar-refractivity contribution in [1.29, 1.82) is 0 Å². The Morgan fingerprint density at radius 3 is 1.29 bits per heavy atom. The fourth-order valence-corrected chi connectivity index (χ4v) is 12.9. The van der Waals surface area contributed by atoms with Crippen LogP contribution in [0.5, 0.6) is 0 Å². The van der Waals surface area contributed by atoms with Gasteiger partial charge in [-0.1, -0.05) is 48.5 Å². The van der Waals surface area contributed by atoms with Gasteiger partial charge in [0.2, 0.25) is 0 Å². The van der Waals surface area contributed by atoms with Crippen molar-refractivity contribution in [2.45, 2.75) is 216 Å². The van der Waals surface area contributed by atoms with E-state index in [1.165, 1.54) is 97.3 Å². The molecule has 2 unspecified atom stereocenters. The number of fused-ring (bicyclic) bond motifs is 1. The average molecular weight is 726 g/mol. The molecule has 5 rings (SSSR count). The zero-order chi connectivity index (χ0) is 39.3. The van der Waals surface area contributed by atoms with Crippen LogP contribution in [0.4, 0.5) is 0 Å². The van der Waals surface area contributed by atoms with Gasteiger partial charge in [-0.15, -0.1) is 0 Å². The third-order valence-electron chi connectivity index (χ3n) is 18.1. The Morgan fingerprint density at radius 1 is 0.442 bits per heavy atom. The van der Waals surface area contributed by atoms with Crippen molar-refractivity contribution in [2.24, 2.45) is 34.0 Å². The molecule has 0 aromatic carbocycles. The third-order valence-corrected chi connectivity index (χ3v) is 18.1. The molecule has 2 spiro atoms. The fourth-order valence-electron chi connectivity index (χ4n) is 12.9. The fraction of sp³-hybridized carbons (Fsp3) is 1.00. The van der Waals surface area contributed by atoms with Crippen LogP contribution in [0.3, 0.4) is 0 Å². The molecule has 3 saturated heterocycles. The largest absolute Gasteiger partial charge is 0.298 e. The van der Waals surface area contributed by atoms with Gasteiger partial charge in [-0.25, -0.2) is 0 Å². The molecule has 0 aromatic rings. The number of piperidine rings is 1. The lowest BCUT2D eigenvalue weighted by atomic mass is 9.58. The summed E-state index contributed by atoms with van der Waals surface area (Å²) < 4.78 is 0. The topological polar surface area (TPSA) is 16.2 Å². The molecule has 0 amide bonds. The van der Waals surface area contributed by atoms with E-state index in [1.54, 1.807) is 0 Å². The molecule has 2 saturated carbocycles. The van der Waals surface area contributed by atoms with Gasteiger partial charge < -0.3 is 0 Å². The summed E-state index contributed by atoms with van der Waals surface area (Å²) >= 11 is 0. The molecule has 5 nitrogen and oxygen atoms in total. The van der Waals surface area contributed by atoms with E-state index in [0.29, 0.717) is 11.5 Å². The van der Waals surface area contributed by atoms with Gasteiger partial charge in [-0.3, -0.25) is 24.5 Å². The standard InChI is InChI=1S/C47H91N5/c1-35(2)51-30-28-49(44(16,17)42(12,13)37-22-20-36(21-23-37)39(3,4)5)33-46(51)32-47(46)34-50(29-31-52(47)41(9,10)11)45(18,19)43(14,15)38-24-26-48(27-25-38)40(6,7)8/h35-38H,20-34H2,1-19H3. The second-order valence-electron chi connectivity index (χ2n) is 24.6. The second-order valence-corrected chi connectivity index (χ2v) is 24.6. The van der Waals surface area contributed by atoms with Gasteiger partial charge in [0.1, 0.15) is 0 Å². The van der Waals surface area contributed by atoms with E-state index in [2.05, 4.69) is 156 Å². The number of likely N-dealkylation sites (tertiary alicyclic amines) is 1. The molecule has 5 fully saturated rings. The normalized spacial score (nSPS) is 32.8. The Bertz CT molecular complexity index is 1230. The number of piperazine rings is 2. The number of nitrogens with zero attached hydrogens (tertiary/aromatic N) is 5. The van der Waals surface area contributed by atoms with Crippen molar-refractivity contribution >= 4 is 0 Å². The molecule has 0 radical (unpaired) electrons. The van der Waals surface area contributed by atoms with Gasteiger partial charge >= 0.3 is 0 Å². The molecule has 2 aliphatic carbocycles. The summed E-state index contributed by atoms with van der Waals surface area (Å²) in [6, 6.07) is 0.556. The highest BCUT2D eigenvalue weighted by molar-refractivity contribution is 5.35. The molecular formula is C47H91N5. The average Bonchev–Trinajstić information content (AvgIpc) is 3.62. The lowest BCUT2D eigenvalue weighted by molar-refractivity contribution is -0.131. The maximum atomic E-state index is 3.02. The zero-order valence-corrected chi connectivity index (χ0v) is 38.7.